The molecule has 2 unspecified atom stereocenters. The van der Waals surface area contributed by atoms with Crippen molar-refractivity contribution in [2.24, 2.45) is 5.92 Å². The molecule has 19 rings (SSSR count). The van der Waals surface area contributed by atoms with E-state index < -0.39 is 0 Å². The van der Waals surface area contributed by atoms with E-state index in [2.05, 4.69) is 314 Å². The second-order valence-electron chi connectivity index (χ2n) is 24.9. The van der Waals surface area contributed by atoms with Crippen LogP contribution in [0.25, 0.3) is 133 Å². The van der Waals surface area contributed by atoms with E-state index in [-0.39, 0.29) is 5.54 Å². The zero-order valence-electron chi connectivity index (χ0n) is 48.9. The summed E-state index contributed by atoms with van der Waals surface area (Å²) in [5.41, 5.74) is 23.2. The molecule has 0 N–H and O–H groups in total. The molecule has 0 amide bonds. The largest absolute Gasteiger partial charge is 0.331 e. The quantitative estimate of drug-likeness (QED) is 0.163. The second kappa shape index (κ2) is 18.8. The zero-order valence-corrected chi connectivity index (χ0v) is 48.9. The Kier molecular flexibility index (Phi) is 10.6. The van der Waals surface area contributed by atoms with E-state index in [0.717, 1.165) is 49.2 Å². The molecule has 1 spiro atoms. The number of aromatic nitrogens is 5. The van der Waals surface area contributed by atoms with Crippen LogP contribution in [0.2, 0.25) is 0 Å². The van der Waals surface area contributed by atoms with E-state index in [1.165, 1.54) is 138 Å². The summed E-state index contributed by atoms with van der Waals surface area (Å²) in [5, 5.41) is 11.4. The van der Waals surface area contributed by atoms with Crippen LogP contribution in [0.5, 0.6) is 0 Å². The van der Waals surface area contributed by atoms with Crippen LogP contribution in [0, 0.1) is 5.92 Å². The predicted octanol–water partition coefficient (Wildman–Crippen LogP) is 20.9. The Morgan fingerprint density at radius 2 is 0.966 bits per heavy atom. The van der Waals surface area contributed by atoms with E-state index in [9.17, 15) is 0 Å². The molecule has 6 heterocycles. The standard InChI is InChI=1S/C82H60N6/c1-53-46-59(86-72-36-14-8-29-63(72)64-30-9-15-37-73(64)86)51-60(47-53)87-75-38-16-10-31-65(75)67-40-41-77-80(81(67)87)68-32-11-17-39-76(68)84(77)57-24-21-25-58(50-57)88-78-52-69-66-26-4-2-5-33-74(66)85(79(69)48-54(78)42-45-82(88)43-18-3-19-44-82)56-23-20-22-55(49-56)83-70-34-12-6-27-61(70)62-28-7-13-35-71(62)83/h2-25,27-41,43,46,48-53H,26,42,44-45,47H2,1H3. The topological polar surface area (TPSA) is 27.9 Å². The van der Waals surface area contributed by atoms with Crippen molar-refractivity contribution in [3.63, 3.8) is 0 Å². The van der Waals surface area contributed by atoms with Gasteiger partial charge in [0, 0.05) is 88.3 Å². The number of hydrogen-bond acceptors (Lipinski definition) is 1. The lowest BCUT2D eigenvalue weighted by Gasteiger charge is -2.48. The van der Waals surface area contributed by atoms with Gasteiger partial charge in [-0.3, -0.25) is 0 Å². The number of hydrogen-bond donors (Lipinski definition) is 0. The van der Waals surface area contributed by atoms with Gasteiger partial charge in [0.1, 0.15) is 0 Å². The smallest absolute Gasteiger partial charge is 0.0674 e. The van der Waals surface area contributed by atoms with Crippen LogP contribution in [0.15, 0.2) is 273 Å². The highest BCUT2D eigenvalue weighted by Crippen LogP contribution is 2.51. The van der Waals surface area contributed by atoms with Crippen molar-refractivity contribution in [2.45, 2.75) is 44.6 Å². The Morgan fingerprint density at radius 1 is 0.420 bits per heavy atom. The average molecular weight is 1130 g/mol. The molecule has 6 heteroatoms. The summed E-state index contributed by atoms with van der Waals surface area (Å²) in [5.74, 6) is 0.307. The van der Waals surface area contributed by atoms with Gasteiger partial charge in [-0.1, -0.05) is 183 Å². The molecular formula is C82H60N6. The molecule has 418 valence electrons. The minimum atomic E-state index is -0.255. The summed E-state index contributed by atoms with van der Waals surface area (Å²) in [6, 6.07) is 82.1. The fraction of sp³-hybridized carbons (Fsp3) is 0.0976. The zero-order chi connectivity index (χ0) is 57.8. The summed E-state index contributed by atoms with van der Waals surface area (Å²) in [7, 11) is 0. The Labute approximate surface area is 509 Å². The first-order chi connectivity index (χ1) is 43.5. The lowest BCUT2D eigenvalue weighted by atomic mass is 9.78. The first kappa shape index (κ1) is 49.4. The molecule has 10 aromatic carbocycles. The fourth-order valence-corrected chi connectivity index (χ4v) is 16.3. The van der Waals surface area contributed by atoms with E-state index in [1.807, 2.05) is 0 Å². The molecule has 0 radical (unpaired) electrons. The van der Waals surface area contributed by atoms with Crippen molar-refractivity contribution in [3.05, 3.63) is 290 Å². The van der Waals surface area contributed by atoms with Gasteiger partial charge in [-0.15, -0.1) is 0 Å². The van der Waals surface area contributed by atoms with Gasteiger partial charge in [0.05, 0.1) is 60.9 Å². The molecule has 1 aliphatic heterocycles. The van der Waals surface area contributed by atoms with Gasteiger partial charge in [0.25, 0.3) is 0 Å². The number of aryl methyl sites for hydroxylation is 1. The summed E-state index contributed by atoms with van der Waals surface area (Å²) in [6.45, 7) is 2.38. The van der Waals surface area contributed by atoms with Gasteiger partial charge in [-0.25, -0.2) is 0 Å². The number of benzene rings is 10. The van der Waals surface area contributed by atoms with Crippen LogP contribution in [0.3, 0.4) is 0 Å². The maximum absolute atomic E-state index is 2.71. The van der Waals surface area contributed by atoms with Gasteiger partial charge in [-0.2, -0.15) is 0 Å². The molecule has 5 aromatic heterocycles. The molecule has 15 aromatic rings. The maximum Gasteiger partial charge on any atom is 0.0674 e. The van der Waals surface area contributed by atoms with Crippen molar-refractivity contribution in [1.82, 2.24) is 22.8 Å². The Morgan fingerprint density at radius 3 is 1.61 bits per heavy atom. The maximum atomic E-state index is 2.71. The van der Waals surface area contributed by atoms with E-state index in [4.69, 9.17) is 0 Å². The minimum Gasteiger partial charge on any atom is -0.331 e. The molecule has 6 nitrogen and oxygen atoms in total. The Hall–Kier alpha value is -10.8. The molecule has 3 aliphatic carbocycles. The molecular weight excluding hydrogens is 1070 g/mol. The van der Waals surface area contributed by atoms with Crippen LogP contribution >= 0.6 is 0 Å². The third kappa shape index (κ3) is 7.05. The molecule has 4 aliphatic rings. The van der Waals surface area contributed by atoms with Gasteiger partial charge < -0.3 is 27.7 Å². The van der Waals surface area contributed by atoms with Gasteiger partial charge in [-0.05, 0) is 152 Å². The third-order valence-electron chi connectivity index (χ3n) is 19.9. The lowest BCUT2D eigenvalue weighted by molar-refractivity contribution is 0.459. The van der Waals surface area contributed by atoms with Gasteiger partial charge in [0.2, 0.25) is 0 Å². The third-order valence-corrected chi connectivity index (χ3v) is 19.9. The first-order valence-electron chi connectivity index (χ1n) is 31.3. The molecule has 0 saturated carbocycles. The number of anilines is 2. The van der Waals surface area contributed by atoms with Gasteiger partial charge in [0.15, 0.2) is 0 Å². The predicted molar refractivity (Wildman–Crippen MR) is 371 cm³/mol. The van der Waals surface area contributed by atoms with Crippen LogP contribution < -0.4 is 4.90 Å². The Bertz CT molecular complexity index is 5600. The normalized spacial score (nSPS) is 17.5. The van der Waals surface area contributed by atoms with Crippen LogP contribution in [-0.2, 0) is 12.8 Å². The van der Waals surface area contributed by atoms with Crippen LogP contribution in [0.4, 0.5) is 11.4 Å². The number of rotatable bonds is 6. The number of allylic oxidation sites excluding steroid dienone is 9. The summed E-state index contributed by atoms with van der Waals surface area (Å²) in [6.07, 6.45) is 28.1. The summed E-state index contributed by atoms with van der Waals surface area (Å²) >= 11 is 0. The molecule has 0 fully saturated rings. The lowest BCUT2D eigenvalue weighted by Crippen LogP contribution is -2.48. The van der Waals surface area contributed by atoms with Crippen molar-refractivity contribution >= 4 is 127 Å². The molecule has 0 bridgehead atoms. The van der Waals surface area contributed by atoms with Crippen LogP contribution in [-0.4, -0.2) is 28.4 Å². The van der Waals surface area contributed by atoms with E-state index in [0.29, 0.717) is 5.92 Å². The minimum absolute atomic E-state index is 0.255. The second-order valence-corrected chi connectivity index (χ2v) is 24.9. The SMILES string of the molecule is CC1C=C(n2c3ccccc3c3ccccc32)C=C(n2c3ccccc3c3ccc4c(c5ccccc5n4-c4cccc(N5c6cc7c8c(n(-c9cccc(-n%10c%11ccccc%11c%11ccccc%11%10)c9)c7cc6CCC56C=CC=CC6)C=CC=CC8)c4)c32)C1. The highest BCUT2D eigenvalue weighted by atomic mass is 15.2. The fourth-order valence-electron chi connectivity index (χ4n) is 16.3. The van der Waals surface area contributed by atoms with Crippen LogP contribution in [0.1, 0.15) is 43.0 Å². The van der Waals surface area contributed by atoms with Gasteiger partial charge >= 0.3 is 0 Å². The molecule has 2 atom stereocenters. The van der Waals surface area contributed by atoms with Crippen molar-refractivity contribution in [2.75, 3.05) is 4.90 Å². The van der Waals surface area contributed by atoms with Crippen molar-refractivity contribution in [1.29, 1.82) is 0 Å². The monoisotopic (exact) mass is 1130 g/mol. The average Bonchev–Trinajstić information content (AvgIpc) is 1.59. The molecule has 88 heavy (non-hydrogen) atoms. The first-order valence-corrected chi connectivity index (χ1v) is 31.3. The van der Waals surface area contributed by atoms with E-state index in [1.54, 1.807) is 0 Å². The Balaban J connectivity index is 0.790. The number of para-hydroxylation sites is 6. The molecule has 0 saturated heterocycles. The number of nitrogens with zero attached hydrogens (tertiary/aromatic N) is 6. The van der Waals surface area contributed by atoms with E-state index >= 15 is 0 Å². The van der Waals surface area contributed by atoms with Crippen molar-refractivity contribution in [3.8, 4) is 17.1 Å². The van der Waals surface area contributed by atoms with Crippen molar-refractivity contribution < 1.29 is 0 Å². The summed E-state index contributed by atoms with van der Waals surface area (Å²) < 4.78 is 12.6. The summed E-state index contributed by atoms with van der Waals surface area (Å²) in [4.78, 5) is 2.71. The highest BCUT2D eigenvalue weighted by molar-refractivity contribution is 6.27. The number of fused-ring (bicyclic) bond motifs is 17. The highest BCUT2D eigenvalue weighted by Gasteiger charge is 2.41.